The van der Waals surface area contributed by atoms with Crippen LogP contribution in [-0.2, 0) is 9.53 Å². The minimum atomic E-state index is 0.532. The van der Waals surface area contributed by atoms with Crippen molar-refractivity contribution in [2.75, 3.05) is 11.0 Å². The van der Waals surface area contributed by atoms with Gasteiger partial charge >= 0.3 is 6.47 Å². The number of ether oxygens (including phenoxy) is 1. The molecule has 0 bridgehead atoms. The van der Waals surface area contributed by atoms with E-state index in [-0.39, 0.29) is 0 Å². The van der Waals surface area contributed by atoms with Gasteiger partial charge in [0.05, 0.1) is 6.61 Å². The lowest BCUT2D eigenvalue weighted by atomic mass is 10.2. The molecule has 0 spiro atoms. The number of halogens is 1. The van der Waals surface area contributed by atoms with Crippen LogP contribution < -0.4 is 0 Å². The molecule has 0 unspecified atom stereocenters. The second-order valence-electron chi connectivity index (χ2n) is 2.03. The van der Waals surface area contributed by atoms with E-state index in [2.05, 4.69) is 27.3 Å². The Morgan fingerprint density at radius 2 is 1.90 bits per heavy atom. The number of rotatable bonds is 7. The predicted molar refractivity (Wildman–Crippen MR) is 49.0 cm³/mol. The van der Waals surface area contributed by atoms with Crippen LogP contribution in [0.4, 0.5) is 0 Å². The van der Waals surface area contributed by atoms with Crippen molar-refractivity contribution < 1.29 is 9.53 Å². The van der Waals surface area contributed by atoms with E-state index >= 15 is 0 Å². The standard InChI is InChI=1S/C7H12IO2/c8-5-3-1-2-4-6-10-7-9/h1-6H2. The summed E-state index contributed by atoms with van der Waals surface area (Å²) in [6.07, 6.45) is 4.65. The van der Waals surface area contributed by atoms with Crippen LogP contribution >= 0.6 is 22.6 Å². The minimum Gasteiger partial charge on any atom is -0.457 e. The maximum absolute atomic E-state index is 9.55. The van der Waals surface area contributed by atoms with E-state index in [4.69, 9.17) is 0 Å². The van der Waals surface area contributed by atoms with Gasteiger partial charge in [-0.15, -0.1) is 0 Å². The van der Waals surface area contributed by atoms with Gasteiger partial charge in [0.25, 0.3) is 0 Å². The first kappa shape index (κ1) is 10.2. The van der Waals surface area contributed by atoms with Gasteiger partial charge in [0, 0.05) is 0 Å². The summed E-state index contributed by atoms with van der Waals surface area (Å²) >= 11 is 2.36. The quantitative estimate of drug-likeness (QED) is 0.395. The first-order chi connectivity index (χ1) is 4.91. The highest BCUT2D eigenvalue weighted by Gasteiger charge is 1.88. The van der Waals surface area contributed by atoms with Gasteiger partial charge in [0.1, 0.15) is 0 Å². The van der Waals surface area contributed by atoms with Crippen molar-refractivity contribution in [1.29, 1.82) is 0 Å². The first-order valence-corrected chi connectivity index (χ1v) is 4.99. The SMILES string of the molecule is O=[C]OCCCCCCI. The topological polar surface area (TPSA) is 26.3 Å². The summed E-state index contributed by atoms with van der Waals surface area (Å²) < 4.78 is 5.63. The molecule has 0 saturated carbocycles. The maximum Gasteiger partial charge on any atom is 0.417 e. The molecule has 0 aliphatic heterocycles. The second kappa shape index (κ2) is 9.20. The summed E-state index contributed by atoms with van der Waals surface area (Å²) in [5.41, 5.74) is 0. The minimum absolute atomic E-state index is 0.532. The molecule has 0 N–H and O–H groups in total. The fourth-order valence-electron chi connectivity index (χ4n) is 0.664. The average molecular weight is 255 g/mol. The van der Waals surface area contributed by atoms with E-state index in [9.17, 15) is 4.79 Å². The zero-order valence-corrected chi connectivity index (χ0v) is 8.09. The zero-order valence-electron chi connectivity index (χ0n) is 5.94. The summed E-state index contributed by atoms with van der Waals surface area (Å²) in [4.78, 5) is 9.55. The Balaban J connectivity index is 2.70. The fourth-order valence-corrected chi connectivity index (χ4v) is 1.20. The van der Waals surface area contributed by atoms with E-state index in [1.807, 2.05) is 0 Å². The number of hydrogen-bond acceptors (Lipinski definition) is 2. The molecule has 0 aliphatic rings. The van der Waals surface area contributed by atoms with Crippen molar-refractivity contribution in [3.63, 3.8) is 0 Å². The van der Waals surface area contributed by atoms with E-state index in [0.717, 1.165) is 12.8 Å². The molecule has 0 rings (SSSR count). The molecule has 0 atom stereocenters. The van der Waals surface area contributed by atoms with Gasteiger partial charge in [0.15, 0.2) is 0 Å². The zero-order chi connectivity index (χ0) is 7.66. The average Bonchev–Trinajstić information content (AvgIpc) is 1.97. The molecule has 10 heavy (non-hydrogen) atoms. The summed E-state index contributed by atoms with van der Waals surface area (Å²) in [6, 6.07) is 0. The molecular weight excluding hydrogens is 243 g/mol. The van der Waals surface area contributed by atoms with Gasteiger partial charge < -0.3 is 4.74 Å². The molecular formula is C7H12IO2. The Kier molecular flexibility index (Phi) is 9.38. The number of hydrogen-bond donors (Lipinski definition) is 0. The van der Waals surface area contributed by atoms with Crippen LogP contribution in [0.15, 0.2) is 0 Å². The molecule has 0 aromatic heterocycles. The Morgan fingerprint density at radius 3 is 2.50 bits per heavy atom. The lowest BCUT2D eigenvalue weighted by Crippen LogP contribution is -1.91. The lowest BCUT2D eigenvalue weighted by Gasteiger charge is -1.96. The van der Waals surface area contributed by atoms with Crippen molar-refractivity contribution in [3.8, 4) is 0 Å². The Labute approximate surface area is 75.5 Å². The van der Waals surface area contributed by atoms with Gasteiger partial charge in [-0.25, -0.2) is 4.79 Å². The maximum atomic E-state index is 9.55. The molecule has 2 nitrogen and oxygen atoms in total. The van der Waals surface area contributed by atoms with Gasteiger partial charge in [-0.05, 0) is 17.3 Å². The van der Waals surface area contributed by atoms with E-state index in [1.54, 1.807) is 0 Å². The van der Waals surface area contributed by atoms with Crippen molar-refractivity contribution in [2.24, 2.45) is 0 Å². The van der Waals surface area contributed by atoms with Gasteiger partial charge in [-0.1, -0.05) is 35.4 Å². The van der Waals surface area contributed by atoms with E-state index in [1.165, 1.54) is 23.7 Å². The monoisotopic (exact) mass is 255 g/mol. The predicted octanol–water partition coefficient (Wildman–Crippen LogP) is 2.07. The molecule has 0 aliphatic carbocycles. The highest BCUT2D eigenvalue weighted by Crippen LogP contribution is 2.01. The molecule has 1 radical (unpaired) electrons. The van der Waals surface area contributed by atoms with Crippen LogP contribution in [0.2, 0.25) is 0 Å². The van der Waals surface area contributed by atoms with Gasteiger partial charge in [-0.3, -0.25) is 0 Å². The molecule has 0 saturated heterocycles. The summed E-state index contributed by atoms with van der Waals surface area (Å²) in [6.45, 7) is 1.94. The lowest BCUT2D eigenvalue weighted by molar-refractivity contribution is 0.269. The first-order valence-electron chi connectivity index (χ1n) is 3.46. The summed E-state index contributed by atoms with van der Waals surface area (Å²) in [5.74, 6) is 0. The molecule has 59 valence electrons. The van der Waals surface area contributed by atoms with Crippen LogP contribution in [0.5, 0.6) is 0 Å². The van der Waals surface area contributed by atoms with E-state index < -0.39 is 0 Å². The summed E-state index contributed by atoms with van der Waals surface area (Å²) in [5, 5.41) is 0. The number of alkyl halides is 1. The van der Waals surface area contributed by atoms with Crippen molar-refractivity contribution in [1.82, 2.24) is 0 Å². The third-order valence-corrected chi connectivity index (χ3v) is 1.95. The Morgan fingerprint density at radius 1 is 1.20 bits per heavy atom. The molecule has 0 aromatic rings. The highest BCUT2D eigenvalue weighted by atomic mass is 127. The van der Waals surface area contributed by atoms with Crippen LogP contribution in [0.25, 0.3) is 0 Å². The second-order valence-corrected chi connectivity index (χ2v) is 3.11. The molecule has 0 aromatic carbocycles. The fraction of sp³-hybridized carbons (Fsp3) is 0.857. The smallest absolute Gasteiger partial charge is 0.417 e. The van der Waals surface area contributed by atoms with Gasteiger partial charge in [0.2, 0.25) is 0 Å². The van der Waals surface area contributed by atoms with Crippen molar-refractivity contribution in [2.45, 2.75) is 25.7 Å². The Hall–Kier alpha value is 0.200. The highest BCUT2D eigenvalue weighted by molar-refractivity contribution is 14.1. The van der Waals surface area contributed by atoms with Crippen molar-refractivity contribution >= 4 is 29.1 Å². The number of unbranched alkanes of at least 4 members (excludes halogenated alkanes) is 3. The number of carbonyl (C=O) groups excluding carboxylic acids is 1. The normalized spacial score (nSPS) is 9.30. The van der Waals surface area contributed by atoms with Crippen LogP contribution in [0.3, 0.4) is 0 Å². The van der Waals surface area contributed by atoms with Crippen LogP contribution in [0.1, 0.15) is 25.7 Å². The van der Waals surface area contributed by atoms with Crippen LogP contribution in [0, 0.1) is 0 Å². The van der Waals surface area contributed by atoms with Crippen molar-refractivity contribution in [3.05, 3.63) is 0 Å². The third-order valence-electron chi connectivity index (χ3n) is 1.19. The molecule has 0 fully saturated rings. The largest absolute Gasteiger partial charge is 0.457 e. The molecule has 0 heterocycles. The van der Waals surface area contributed by atoms with Gasteiger partial charge in [-0.2, -0.15) is 0 Å². The molecule has 3 heteroatoms. The molecule has 0 amide bonds. The van der Waals surface area contributed by atoms with Crippen LogP contribution in [-0.4, -0.2) is 17.5 Å². The third kappa shape index (κ3) is 8.20. The Bertz CT molecular complexity index is 76.0. The van der Waals surface area contributed by atoms with E-state index in [0.29, 0.717) is 6.61 Å². The summed E-state index contributed by atoms with van der Waals surface area (Å²) in [7, 11) is 0.